The number of thiophene rings is 2. The van der Waals surface area contributed by atoms with E-state index in [2.05, 4.69) is 63.6 Å². The Morgan fingerprint density at radius 1 is 0.614 bits per heavy atom. The monoisotopic (exact) mass is 964 g/mol. The molecule has 0 bridgehead atoms. The van der Waals surface area contributed by atoms with Crippen molar-refractivity contribution in [2.75, 3.05) is 41.7 Å². The SMILES string of the molecule is Cc1cccc(Nc2ccccc2C(=O)N2CCN(c3ccc(N=C(N)c4cccs4)cc3)CC2)c1C.NC(=Nc1ccc(CCCC(=O)Nc2ccc(Oc3ccccc3)cc2)cc1)c1cccs1. The number of para-hydroxylation sites is 2. The Labute approximate surface area is 417 Å². The summed E-state index contributed by atoms with van der Waals surface area (Å²) in [7, 11) is 0. The van der Waals surface area contributed by atoms with Gasteiger partial charge in [0.2, 0.25) is 5.91 Å². The zero-order valence-corrected chi connectivity index (χ0v) is 40.9. The van der Waals surface area contributed by atoms with Crippen molar-refractivity contribution >= 4 is 80.3 Å². The molecule has 0 atom stereocenters. The van der Waals surface area contributed by atoms with Gasteiger partial charge in [0.1, 0.15) is 23.2 Å². The zero-order chi connectivity index (χ0) is 48.7. The molecule has 13 heteroatoms. The first-order chi connectivity index (χ1) is 34.1. The summed E-state index contributed by atoms with van der Waals surface area (Å²) in [6.45, 7) is 7.08. The van der Waals surface area contributed by atoms with Crippen molar-refractivity contribution in [3.05, 3.63) is 213 Å². The van der Waals surface area contributed by atoms with Gasteiger partial charge in [-0.3, -0.25) is 9.59 Å². The first-order valence-corrected chi connectivity index (χ1v) is 25.0. The van der Waals surface area contributed by atoms with Gasteiger partial charge in [0.05, 0.1) is 32.4 Å². The summed E-state index contributed by atoms with van der Waals surface area (Å²) in [5.41, 5.74) is 21.8. The minimum absolute atomic E-state index is 0.00308. The lowest BCUT2D eigenvalue weighted by molar-refractivity contribution is -0.116. The summed E-state index contributed by atoms with van der Waals surface area (Å²) in [6, 6.07) is 54.9. The van der Waals surface area contributed by atoms with E-state index in [-0.39, 0.29) is 11.8 Å². The number of hydrogen-bond acceptors (Lipinski definition) is 9. The fraction of sp³-hybridized carbons (Fsp3) is 0.158. The second-order valence-electron chi connectivity index (χ2n) is 16.7. The lowest BCUT2D eigenvalue weighted by Crippen LogP contribution is -2.48. The molecule has 6 aromatic carbocycles. The van der Waals surface area contributed by atoms with Crippen LogP contribution in [-0.4, -0.2) is 54.6 Å². The molecule has 1 saturated heterocycles. The van der Waals surface area contributed by atoms with Crippen molar-refractivity contribution in [1.29, 1.82) is 0 Å². The topological polar surface area (TPSA) is 151 Å². The summed E-state index contributed by atoms with van der Waals surface area (Å²) in [4.78, 5) is 41.0. The molecule has 1 aliphatic heterocycles. The number of aliphatic imine (C=N–C) groups is 2. The molecule has 0 saturated carbocycles. The van der Waals surface area contributed by atoms with Gasteiger partial charge in [0.15, 0.2) is 0 Å². The predicted octanol–water partition coefficient (Wildman–Crippen LogP) is 12.6. The van der Waals surface area contributed by atoms with E-state index in [1.807, 2.05) is 161 Å². The summed E-state index contributed by atoms with van der Waals surface area (Å²) in [5.74, 6) is 2.61. The number of carbonyl (C=O) groups is 2. The summed E-state index contributed by atoms with van der Waals surface area (Å²) in [6.07, 6.45) is 2.04. The van der Waals surface area contributed by atoms with Crippen LogP contribution in [0, 0.1) is 13.8 Å². The van der Waals surface area contributed by atoms with E-state index in [1.165, 1.54) is 16.7 Å². The van der Waals surface area contributed by atoms with Gasteiger partial charge in [-0.2, -0.15) is 0 Å². The maximum absolute atomic E-state index is 13.5. The maximum Gasteiger partial charge on any atom is 0.256 e. The Morgan fingerprint density at radius 2 is 1.20 bits per heavy atom. The highest BCUT2D eigenvalue weighted by atomic mass is 32.1. The molecule has 9 rings (SSSR count). The summed E-state index contributed by atoms with van der Waals surface area (Å²) < 4.78 is 5.77. The molecule has 8 aromatic rings. The van der Waals surface area contributed by atoms with Gasteiger partial charge < -0.3 is 36.6 Å². The van der Waals surface area contributed by atoms with Crippen molar-refractivity contribution in [2.24, 2.45) is 21.5 Å². The Bertz CT molecular complexity index is 3000. The van der Waals surface area contributed by atoms with Crippen LogP contribution in [0.4, 0.5) is 34.1 Å². The number of carbonyl (C=O) groups excluding carboxylic acids is 2. The second kappa shape index (κ2) is 23.8. The molecule has 0 spiro atoms. The Hall–Kier alpha value is -8.00. The highest BCUT2D eigenvalue weighted by Gasteiger charge is 2.24. The number of rotatable bonds is 15. The molecule has 2 amide bonds. The van der Waals surface area contributed by atoms with E-state index in [0.29, 0.717) is 36.7 Å². The average Bonchev–Trinajstić information content (AvgIpc) is 4.15. The third-order valence-electron chi connectivity index (χ3n) is 11.8. The Morgan fingerprint density at radius 3 is 1.83 bits per heavy atom. The number of aryl methyl sites for hydroxylation is 2. The van der Waals surface area contributed by atoms with Crippen molar-refractivity contribution < 1.29 is 14.3 Å². The largest absolute Gasteiger partial charge is 0.457 e. The average molecular weight is 965 g/mol. The van der Waals surface area contributed by atoms with Crippen LogP contribution in [0.5, 0.6) is 11.5 Å². The van der Waals surface area contributed by atoms with E-state index in [4.69, 9.17) is 16.2 Å². The molecule has 1 fully saturated rings. The molecule has 0 unspecified atom stereocenters. The molecule has 354 valence electrons. The van der Waals surface area contributed by atoms with E-state index in [9.17, 15) is 9.59 Å². The van der Waals surface area contributed by atoms with Gasteiger partial charge in [0, 0.05) is 49.7 Å². The fourth-order valence-electron chi connectivity index (χ4n) is 7.77. The Kier molecular flexibility index (Phi) is 16.5. The normalized spacial score (nSPS) is 12.7. The maximum atomic E-state index is 13.5. The molecule has 11 nitrogen and oxygen atoms in total. The first-order valence-electron chi connectivity index (χ1n) is 23.2. The highest BCUT2D eigenvalue weighted by molar-refractivity contribution is 7.12. The third kappa shape index (κ3) is 13.4. The number of amides is 2. The smallest absolute Gasteiger partial charge is 0.256 e. The molecule has 6 N–H and O–H groups in total. The molecule has 2 aromatic heterocycles. The predicted molar refractivity (Wildman–Crippen MR) is 291 cm³/mol. The molecular formula is C57H56N8O3S2. The zero-order valence-electron chi connectivity index (χ0n) is 39.3. The molecule has 70 heavy (non-hydrogen) atoms. The summed E-state index contributed by atoms with van der Waals surface area (Å²) >= 11 is 3.15. The summed E-state index contributed by atoms with van der Waals surface area (Å²) in [5, 5.41) is 10.4. The highest BCUT2D eigenvalue weighted by Crippen LogP contribution is 2.28. The van der Waals surface area contributed by atoms with Crippen LogP contribution < -0.4 is 31.7 Å². The number of nitrogens with one attached hydrogen (secondary N) is 2. The van der Waals surface area contributed by atoms with E-state index in [0.717, 1.165) is 81.3 Å². The van der Waals surface area contributed by atoms with Crippen LogP contribution in [0.3, 0.4) is 0 Å². The molecule has 0 aliphatic carbocycles. The number of amidine groups is 2. The van der Waals surface area contributed by atoms with Crippen LogP contribution >= 0.6 is 22.7 Å². The van der Waals surface area contributed by atoms with Gasteiger partial charge in [-0.1, -0.05) is 66.7 Å². The number of ether oxygens (including phenoxy) is 1. The number of hydrogen-bond donors (Lipinski definition) is 4. The van der Waals surface area contributed by atoms with E-state index < -0.39 is 0 Å². The number of piperazine rings is 1. The number of benzene rings is 6. The van der Waals surface area contributed by atoms with Crippen molar-refractivity contribution in [3.8, 4) is 11.5 Å². The lowest BCUT2D eigenvalue weighted by atomic mass is 10.1. The molecular weight excluding hydrogens is 909 g/mol. The minimum atomic E-state index is -0.00308. The van der Waals surface area contributed by atoms with Gasteiger partial charge in [-0.05, 0) is 157 Å². The van der Waals surface area contributed by atoms with Crippen LogP contribution in [0.25, 0.3) is 0 Å². The van der Waals surface area contributed by atoms with Crippen molar-refractivity contribution in [2.45, 2.75) is 33.1 Å². The molecule has 3 heterocycles. The van der Waals surface area contributed by atoms with Gasteiger partial charge >= 0.3 is 0 Å². The van der Waals surface area contributed by atoms with Gasteiger partial charge in [-0.15, -0.1) is 22.7 Å². The van der Waals surface area contributed by atoms with E-state index in [1.54, 1.807) is 22.7 Å². The number of anilines is 4. The van der Waals surface area contributed by atoms with Crippen molar-refractivity contribution in [3.63, 3.8) is 0 Å². The van der Waals surface area contributed by atoms with Gasteiger partial charge in [-0.25, -0.2) is 9.98 Å². The van der Waals surface area contributed by atoms with Crippen LogP contribution in [0.1, 0.15) is 49.6 Å². The molecule has 1 aliphatic rings. The fourth-order valence-corrected chi connectivity index (χ4v) is 9.02. The standard InChI is InChI=1S/C30H31N5OS.C27H25N3O2S/c1-21-7-5-10-26(22(21)2)33-27-9-4-3-8-25(27)30(36)35-18-16-34(17-19-35)24-14-12-23(13-15-24)32-29(31)28-11-6-20-37-28;28-27(25-9-5-19-33-25)30-22-13-11-20(12-14-22)6-4-10-26(31)29-21-15-17-24(18-16-21)32-23-7-2-1-3-8-23/h3-15,20,33H,16-19H2,1-2H3,(H2,31,32);1-3,5,7-9,11-19H,4,6,10H2,(H2,28,30)(H,29,31). The second-order valence-corrected chi connectivity index (χ2v) is 18.6. The van der Waals surface area contributed by atoms with E-state index >= 15 is 0 Å². The van der Waals surface area contributed by atoms with Crippen LogP contribution in [0.15, 0.2) is 191 Å². The minimum Gasteiger partial charge on any atom is -0.457 e. The van der Waals surface area contributed by atoms with Crippen LogP contribution in [-0.2, 0) is 11.2 Å². The number of nitrogens with zero attached hydrogens (tertiary/aromatic N) is 4. The first kappa shape index (κ1) is 48.5. The lowest BCUT2D eigenvalue weighted by Gasteiger charge is -2.36. The van der Waals surface area contributed by atoms with Crippen molar-refractivity contribution in [1.82, 2.24) is 4.90 Å². The number of nitrogens with two attached hydrogens (primary N) is 2. The van der Waals surface area contributed by atoms with Gasteiger partial charge in [0.25, 0.3) is 5.91 Å². The molecule has 0 radical (unpaired) electrons. The van der Waals surface area contributed by atoms with Crippen LogP contribution in [0.2, 0.25) is 0 Å². The third-order valence-corrected chi connectivity index (χ3v) is 13.6. The Balaban J connectivity index is 0.000000190. The quantitative estimate of drug-likeness (QED) is 0.0590.